The highest BCUT2D eigenvalue weighted by atomic mass is 35.5. The number of nitrogens with zero attached hydrogens (tertiary/aromatic N) is 3. The number of pyridine rings is 1. The van der Waals surface area contributed by atoms with Crippen molar-refractivity contribution < 1.29 is 0 Å². The fourth-order valence-corrected chi connectivity index (χ4v) is 4.96. The second kappa shape index (κ2) is 8.78. The van der Waals surface area contributed by atoms with Crippen LogP contribution in [0.2, 0.25) is 10.0 Å². The number of anilines is 3. The summed E-state index contributed by atoms with van der Waals surface area (Å²) in [6.07, 6.45) is 3.56. The summed E-state index contributed by atoms with van der Waals surface area (Å²) in [5, 5.41) is 10.8. The van der Waals surface area contributed by atoms with Gasteiger partial charge in [0.1, 0.15) is 10.8 Å². The highest BCUT2D eigenvalue weighted by Gasteiger charge is 2.13. The molecule has 0 atom stereocenters. The zero-order chi connectivity index (χ0) is 22.1. The number of rotatable bonds is 6. The Morgan fingerprint density at radius 2 is 1.78 bits per heavy atom. The van der Waals surface area contributed by atoms with Crippen LogP contribution < -0.4 is 16.4 Å². The van der Waals surface area contributed by atoms with Crippen LogP contribution in [0, 0.1) is 0 Å². The first-order chi connectivity index (χ1) is 15.6. The van der Waals surface area contributed by atoms with Crippen LogP contribution in [0.15, 0.2) is 60.9 Å². The van der Waals surface area contributed by atoms with E-state index in [-0.39, 0.29) is 0 Å². The molecule has 6 nitrogen and oxygen atoms in total. The molecule has 0 unspecified atom stereocenters. The van der Waals surface area contributed by atoms with Crippen LogP contribution in [0.3, 0.4) is 0 Å². The Bertz CT molecular complexity index is 1440. The minimum atomic E-state index is 0.509. The van der Waals surface area contributed by atoms with Crippen molar-refractivity contribution in [1.82, 2.24) is 15.0 Å². The molecule has 0 amide bonds. The molecule has 0 aliphatic rings. The number of aromatic nitrogens is 3. The van der Waals surface area contributed by atoms with Gasteiger partial charge in [-0.2, -0.15) is 0 Å². The Morgan fingerprint density at radius 1 is 0.938 bits per heavy atom. The van der Waals surface area contributed by atoms with Crippen LogP contribution in [-0.2, 0) is 0 Å². The van der Waals surface area contributed by atoms with Crippen LogP contribution in [0.4, 0.5) is 16.5 Å². The van der Waals surface area contributed by atoms with E-state index in [4.69, 9.17) is 38.9 Å². The van der Waals surface area contributed by atoms with E-state index in [2.05, 4.69) is 15.6 Å². The van der Waals surface area contributed by atoms with E-state index in [0.717, 1.165) is 43.1 Å². The van der Waals surface area contributed by atoms with Crippen LogP contribution in [-0.4, -0.2) is 28.0 Å². The van der Waals surface area contributed by atoms with Crippen molar-refractivity contribution in [2.24, 2.45) is 0 Å². The van der Waals surface area contributed by atoms with Gasteiger partial charge in [-0.25, -0.2) is 9.97 Å². The molecular weight excluding hydrogens is 463 g/mol. The molecule has 0 fully saturated rings. The Hall–Kier alpha value is -3.13. The fraction of sp³-hybridized carbons (Fsp3) is 0.0870. The summed E-state index contributed by atoms with van der Waals surface area (Å²) >= 11 is 14.1. The maximum Gasteiger partial charge on any atom is 0.163 e. The molecule has 5 rings (SSSR count). The number of thiophene rings is 1. The minimum Gasteiger partial charge on any atom is -0.396 e. The lowest BCUT2D eigenvalue weighted by Gasteiger charge is -2.12. The maximum absolute atomic E-state index is 6.40. The fourth-order valence-electron chi connectivity index (χ4n) is 3.45. The van der Waals surface area contributed by atoms with Gasteiger partial charge in [0.15, 0.2) is 5.82 Å². The first-order valence-corrected chi connectivity index (χ1v) is 11.5. The van der Waals surface area contributed by atoms with Gasteiger partial charge < -0.3 is 16.4 Å². The Labute approximate surface area is 198 Å². The molecule has 32 heavy (non-hydrogen) atoms. The molecule has 5 aromatic rings. The summed E-state index contributed by atoms with van der Waals surface area (Å²) in [5.74, 6) is 1.29. The second-order valence-corrected chi connectivity index (χ2v) is 9.00. The monoisotopic (exact) mass is 480 g/mol. The third-order valence-corrected chi connectivity index (χ3v) is 6.70. The first-order valence-electron chi connectivity index (χ1n) is 9.92. The van der Waals surface area contributed by atoms with Crippen LogP contribution in [0.25, 0.3) is 32.4 Å². The average molecular weight is 481 g/mol. The molecule has 9 heteroatoms. The lowest BCUT2D eigenvalue weighted by atomic mass is 10.2. The van der Waals surface area contributed by atoms with E-state index in [1.165, 1.54) is 0 Å². The minimum absolute atomic E-state index is 0.509. The van der Waals surface area contributed by atoms with Gasteiger partial charge in [-0.1, -0.05) is 35.3 Å². The van der Waals surface area contributed by atoms with E-state index in [0.29, 0.717) is 29.0 Å². The Kier molecular flexibility index (Phi) is 5.70. The molecule has 0 radical (unpaired) electrons. The van der Waals surface area contributed by atoms with E-state index in [1.54, 1.807) is 35.9 Å². The third-order valence-electron chi connectivity index (χ3n) is 5.01. The first kappa shape index (κ1) is 20.8. The van der Waals surface area contributed by atoms with Crippen molar-refractivity contribution >= 4 is 72.0 Å². The highest BCUT2D eigenvalue weighted by Crippen LogP contribution is 2.37. The topological polar surface area (TPSA) is 88.8 Å². The number of nitrogens with two attached hydrogens (primary N) is 1. The second-order valence-electron chi connectivity index (χ2n) is 7.11. The summed E-state index contributed by atoms with van der Waals surface area (Å²) in [5.41, 5.74) is 8.55. The van der Waals surface area contributed by atoms with E-state index >= 15 is 0 Å². The van der Waals surface area contributed by atoms with Crippen molar-refractivity contribution in [1.29, 1.82) is 0 Å². The lowest BCUT2D eigenvalue weighted by Crippen LogP contribution is -2.15. The van der Waals surface area contributed by atoms with Gasteiger partial charge in [0.25, 0.3) is 0 Å². The largest absolute Gasteiger partial charge is 0.396 e. The van der Waals surface area contributed by atoms with Gasteiger partial charge in [0, 0.05) is 51.5 Å². The zero-order valence-electron chi connectivity index (χ0n) is 16.8. The molecule has 3 aromatic heterocycles. The number of nitrogens with one attached hydrogen (secondary N) is 2. The normalized spacial score (nSPS) is 11.2. The summed E-state index contributed by atoms with van der Waals surface area (Å²) in [6.45, 7) is 1.31. The maximum atomic E-state index is 6.40. The van der Waals surface area contributed by atoms with Gasteiger partial charge in [-0.3, -0.25) is 4.98 Å². The van der Waals surface area contributed by atoms with Gasteiger partial charge in [0.2, 0.25) is 0 Å². The van der Waals surface area contributed by atoms with Crippen molar-refractivity contribution in [3.63, 3.8) is 0 Å². The molecule has 3 heterocycles. The summed E-state index contributed by atoms with van der Waals surface area (Å²) < 4.78 is 1.11. The van der Waals surface area contributed by atoms with Crippen molar-refractivity contribution in [2.45, 2.75) is 0 Å². The molecule has 0 saturated heterocycles. The number of hydrogen-bond donors (Lipinski definition) is 3. The van der Waals surface area contributed by atoms with Gasteiger partial charge in [-0.15, -0.1) is 11.3 Å². The van der Waals surface area contributed by atoms with Crippen molar-refractivity contribution in [3.8, 4) is 11.4 Å². The molecule has 0 bridgehead atoms. The van der Waals surface area contributed by atoms with Gasteiger partial charge in [-0.05, 0) is 36.4 Å². The molecule has 0 saturated carbocycles. The van der Waals surface area contributed by atoms with Crippen LogP contribution in [0.1, 0.15) is 0 Å². The van der Waals surface area contributed by atoms with E-state index in [9.17, 15) is 0 Å². The predicted octanol–water partition coefficient (Wildman–Crippen LogP) is 6.32. The zero-order valence-corrected chi connectivity index (χ0v) is 19.1. The molecule has 0 spiro atoms. The SMILES string of the molecule is Nc1c(NCCNc2nc(-c3ccc(Cl)cc3Cl)nc3ccccc23)sc2ccncc12. The van der Waals surface area contributed by atoms with Crippen molar-refractivity contribution in [3.05, 3.63) is 71.0 Å². The average Bonchev–Trinajstić information content (AvgIpc) is 3.12. The van der Waals surface area contributed by atoms with E-state index in [1.807, 2.05) is 36.4 Å². The Morgan fingerprint density at radius 3 is 2.62 bits per heavy atom. The standard InChI is InChI=1S/C23H18Cl2N6S/c24-13-5-6-14(17(25)11-13)22-30-18-4-2-1-3-15(18)21(31-22)28-9-10-29-23-20(26)16-12-27-8-7-19(16)32-23/h1-8,11-12,29H,9-10,26H2,(H,28,30,31). The van der Waals surface area contributed by atoms with Crippen molar-refractivity contribution in [2.75, 3.05) is 29.5 Å². The number of benzene rings is 2. The number of hydrogen-bond acceptors (Lipinski definition) is 7. The molecule has 0 aliphatic carbocycles. The smallest absolute Gasteiger partial charge is 0.163 e. The van der Waals surface area contributed by atoms with Crippen LogP contribution >= 0.6 is 34.5 Å². The lowest BCUT2D eigenvalue weighted by molar-refractivity contribution is 1.06. The molecule has 2 aromatic carbocycles. The number of fused-ring (bicyclic) bond motifs is 2. The number of nitrogen functional groups attached to an aromatic ring is 1. The molecular formula is C23H18Cl2N6S. The Balaban J connectivity index is 1.38. The summed E-state index contributed by atoms with van der Waals surface area (Å²) in [7, 11) is 0. The third kappa shape index (κ3) is 4.02. The molecule has 160 valence electrons. The van der Waals surface area contributed by atoms with Gasteiger partial charge >= 0.3 is 0 Å². The summed E-state index contributed by atoms with van der Waals surface area (Å²) in [4.78, 5) is 13.6. The summed E-state index contributed by atoms with van der Waals surface area (Å²) in [6, 6.07) is 15.1. The van der Waals surface area contributed by atoms with Crippen LogP contribution in [0.5, 0.6) is 0 Å². The number of halogens is 2. The molecule has 0 aliphatic heterocycles. The quantitative estimate of drug-likeness (QED) is 0.246. The predicted molar refractivity (Wildman–Crippen MR) is 136 cm³/mol. The van der Waals surface area contributed by atoms with E-state index < -0.39 is 0 Å². The van der Waals surface area contributed by atoms with Gasteiger partial charge in [0.05, 0.1) is 16.2 Å². The number of para-hydroxylation sites is 1. The molecule has 4 N–H and O–H groups in total. The highest BCUT2D eigenvalue weighted by molar-refractivity contribution is 7.23.